The number of aromatic nitrogens is 1. The minimum atomic E-state index is 0.0326. The van der Waals surface area contributed by atoms with Gasteiger partial charge in [-0.2, -0.15) is 0 Å². The highest BCUT2D eigenvalue weighted by atomic mass is 35.5. The Morgan fingerprint density at radius 3 is 2.85 bits per heavy atom. The third-order valence-electron chi connectivity index (χ3n) is 3.11. The van der Waals surface area contributed by atoms with E-state index in [9.17, 15) is 4.79 Å². The molecular formula is C16H19ClN2O. The van der Waals surface area contributed by atoms with Gasteiger partial charge in [0.2, 0.25) is 0 Å². The number of anilines is 1. The summed E-state index contributed by atoms with van der Waals surface area (Å²) in [5.74, 6) is 0.689. The molecule has 1 N–H and O–H groups in total. The van der Waals surface area contributed by atoms with E-state index in [2.05, 4.69) is 17.4 Å². The Balaban J connectivity index is 1.88. The molecule has 0 saturated heterocycles. The fraction of sp³-hybridized carbons (Fsp3) is 0.312. The largest absolute Gasteiger partial charge is 0.383 e. The molecule has 0 unspecified atom stereocenters. The Hall–Kier alpha value is -1.74. The topological polar surface area (TPSA) is 34.0 Å². The first-order valence-electron chi connectivity index (χ1n) is 6.84. The summed E-state index contributed by atoms with van der Waals surface area (Å²) in [6.45, 7) is 1.38. The zero-order valence-corrected chi connectivity index (χ0v) is 12.1. The highest BCUT2D eigenvalue weighted by Gasteiger charge is 1.97. The molecule has 0 saturated carbocycles. The van der Waals surface area contributed by atoms with Crippen LogP contribution in [0.5, 0.6) is 0 Å². The van der Waals surface area contributed by atoms with Crippen molar-refractivity contribution in [3.8, 4) is 0 Å². The van der Waals surface area contributed by atoms with E-state index in [1.54, 1.807) is 22.9 Å². The monoisotopic (exact) mass is 290 g/mol. The molecule has 0 aliphatic rings. The van der Waals surface area contributed by atoms with Crippen molar-refractivity contribution in [1.82, 2.24) is 4.57 Å². The smallest absolute Gasteiger partial charge is 0.250 e. The number of pyridine rings is 1. The van der Waals surface area contributed by atoms with Gasteiger partial charge in [0.25, 0.3) is 5.56 Å². The Kier molecular flexibility index (Phi) is 5.69. The van der Waals surface area contributed by atoms with E-state index in [1.807, 2.05) is 18.2 Å². The van der Waals surface area contributed by atoms with Gasteiger partial charge in [-0.1, -0.05) is 18.2 Å². The Morgan fingerprint density at radius 1 is 1.15 bits per heavy atom. The standard InChI is InChI=1S/C16H19ClN2O/c17-9-4-6-14-5-3-7-15(13-14)18-10-12-19-11-2-1-8-16(19)20/h1-3,5,7-8,11,13,18H,4,6,9-10,12H2. The third kappa shape index (κ3) is 4.42. The first kappa shape index (κ1) is 14.7. The number of halogens is 1. The molecule has 1 heterocycles. The number of nitrogens with one attached hydrogen (secondary N) is 1. The summed E-state index contributed by atoms with van der Waals surface area (Å²) in [5, 5.41) is 3.34. The predicted molar refractivity (Wildman–Crippen MR) is 84.7 cm³/mol. The van der Waals surface area contributed by atoms with Crippen LogP contribution < -0.4 is 10.9 Å². The molecule has 0 radical (unpaired) electrons. The second-order valence-corrected chi connectivity index (χ2v) is 5.03. The molecule has 2 rings (SSSR count). The van der Waals surface area contributed by atoms with E-state index in [0.29, 0.717) is 12.4 Å². The van der Waals surface area contributed by atoms with Gasteiger partial charge < -0.3 is 9.88 Å². The molecule has 0 spiro atoms. The van der Waals surface area contributed by atoms with Crippen LogP contribution in [-0.2, 0) is 13.0 Å². The van der Waals surface area contributed by atoms with Crippen LogP contribution in [0.15, 0.2) is 53.5 Å². The second kappa shape index (κ2) is 7.75. The van der Waals surface area contributed by atoms with Crippen molar-refractivity contribution in [2.75, 3.05) is 17.7 Å². The Labute approximate surface area is 124 Å². The molecule has 0 aliphatic carbocycles. The minimum Gasteiger partial charge on any atom is -0.383 e. The van der Waals surface area contributed by atoms with Crippen molar-refractivity contribution in [2.24, 2.45) is 0 Å². The summed E-state index contributed by atoms with van der Waals surface area (Å²) in [5.41, 5.74) is 2.40. The van der Waals surface area contributed by atoms with Crippen molar-refractivity contribution in [2.45, 2.75) is 19.4 Å². The first-order chi connectivity index (χ1) is 9.79. The summed E-state index contributed by atoms with van der Waals surface area (Å²) in [7, 11) is 0. The van der Waals surface area contributed by atoms with Crippen LogP contribution in [0.1, 0.15) is 12.0 Å². The molecule has 1 aromatic heterocycles. The minimum absolute atomic E-state index is 0.0326. The maximum Gasteiger partial charge on any atom is 0.250 e. The number of rotatable bonds is 7. The maximum absolute atomic E-state index is 11.6. The predicted octanol–water partition coefficient (Wildman–Crippen LogP) is 3.13. The van der Waals surface area contributed by atoms with E-state index in [0.717, 1.165) is 25.1 Å². The summed E-state index contributed by atoms with van der Waals surface area (Å²) in [4.78, 5) is 11.6. The fourth-order valence-corrected chi connectivity index (χ4v) is 2.21. The molecule has 2 aromatic rings. The van der Waals surface area contributed by atoms with Gasteiger partial charge in [0, 0.05) is 36.9 Å². The zero-order chi connectivity index (χ0) is 14.2. The van der Waals surface area contributed by atoms with Crippen LogP contribution in [0, 0.1) is 0 Å². The van der Waals surface area contributed by atoms with Gasteiger partial charge in [-0.05, 0) is 36.6 Å². The summed E-state index contributed by atoms with van der Waals surface area (Å²) in [6, 6.07) is 13.5. The molecule has 0 atom stereocenters. The van der Waals surface area contributed by atoms with Gasteiger partial charge in [0.15, 0.2) is 0 Å². The van der Waals surface area contributed by atoms with Crippen molar-refractivity contribution >= 4 is 17.3 Å². The van der Waals surface area contributed by atoms with Gasteiger partial charge in [-0.25, -0.2) is 0 Å². The molecular weight excluding hydrogens is 272 g/mol. The van der Waals surface area contributed by atoms with E-state index in [4.69, 9.17) is 11.6 Å². The van der Waals surface area contributed by atoms with Crippen LogP contribution in [0.3, 0.4) is 0 Å². The number of hydrogen-bond donors (Lipinski definition) is 1. The van der Waals surface area contributed by atoms with Crippen LogP contribution in [0.2, 0.25) is 0 Å². The van der Waals surface area contributed by atoms with Gasteiger partial charge in [-0.3, -0.25) is 4.79 Å². The molecule has 4 heteroatoms. The molecule has 20 heavy (non-hydrogen) atoms. The number of hydrogen-bond acceptors (Lipinski definition) is 2. The van der Waals surface area contributed by atoms with Gasteiger partial charge >= 0.3 is 0 Å². The van der Waals surface area contributed by atoms with Gasteiger partial charge in [0.1, 0.15) is 0 Å². The van der Waals surface area contributed by atoms with E-state index in [-0.39, 0.29) is 5.56 Å². The van der Waals surface area contributed by atoms with Crippen molar-refractivity contribution < 1.29 is 0 Å². The molecule has 0 fully saturated rings. The highest BCUT2D eigenvalue weighted by Crippen LogP contribution is 2.12. The molecule has 0 amide bonds. The SMILES string of the molecule is O=c1ccccn1CCNc1cccc(CCCCl)c1. The second-order valence-electron chi connectivity index (χ2n) is 4.65. The van der Waals surface area contributed by atoms with Crippen LogP contribution in [0.25, 0.3) is 0 Å². The maximum atomic E-state index is 11.6. The average molecular weight is 291 g/mol. The third-order valence-corrected chi connectivity index (χ3v) is 3.37. The number of alkyl halides is 1. The average Bonchev–Trinajstić information content (AvgIpc) is 2.48. The fourth-order valence-electron chi connectivity index (χ4n) is 2.07. The molecule has 3 nitrogen and oxygen atoms in total. The Morgan fingerprint density at radius 2 is 2.05 bits per heavy atom. The van der Waals surface area contributed by atoms with E-state index >= 15 is 0 Å². The van der Waals surface area contributed by atoms with Gasteiger partial charge in [0.05, 0.1) is 0 Å². The lowest BCUT2D eigenvalue weighted by Gasteiger charge is -2.09. The van der Waals surface area contributed by atoms with Gasteiger partial charge in [-0.15, -0.1) is 11.6 Å². The Bertz CT molecular complexity index is 595. The van der Waals surface area contributed by atoms with Crippen LogP contribution >= 0.6 is 11.6 Å². The lowest BCUT2D eigenvalue weighted by Crippen LogP contribution is -2.21. The van der Waals surface area contributed by atoms with E-state index < -0.39 is 0 Å². The summed E-state index contributed by atoms with van der Waals surface area (Å²) in [6.07, 6.45) is 3.79. The molecule has 106 valence electrons. The molecule has 0 aliphatic heterocycles. The normalized spacial score (nSPS) is 10.4. The summed E-state index contributed by atoms with van der Waals surface area (Å²) >= 11 is 5.71. The van der Waals surface area contributed by atoms with Crippen molar-refractivity contribution in [3.63, 3.8) is 0 Å². The molecule has 0 bridgehead atoms. The lowest BCUT2D eigenvalue weighted by molar-refractivity contribution is 0.697. The lowest BCUT2D eigenvalue weighted by atomic mass is 10.1. The van der Waals surface area contributed by atoms with Crippen molar-refractivity contribution in [3.05, 3.63) is 64.6 Å². The van der Waals surface area contributed by atoms with Crippen LogP contribution in [0.4, 0.5) is 5.69 Å². The number of benzene rings is 1. The van der Waals surface area contributed by atoms with Crippen molar-refractivity contribution in [1.29, 1.82) is 0 Å². The highest BCUT2D eigenvalue weighted by molar-refractivity contribution is 6.17. The number of aryl methyl sites for hydroxylation is 1. The quantitative estimate of drug-likeness (QED) is 0.795. The first-order valence-corrected chi connectivity index (χ1v) is 7.37. The summed E-state index contributed by atoms with van der Waals surface area (Å²) < 4.78 is 1.70. The van der Waals surface area contributed by atoms with E-state index in [1.165, 1.54) is 5.56 Å². The number of nitrogens with zero attached hydrogens (tertiary/aromatic N) is 1. The zero-order valence-electron chi connectivity index (χ0n) is 11.4. The molecule has 1 aromatic carbocycles. The van der Waals surface area contributed by atoms with Crippen LogP contribution in [-0.4, -0.2) is 17.0 Å².